The number of aryl methyl sites for hydroxylation is 1. The van der Waals surface area contributed by atoms with E-state index in [-0.39, 0.29) is 5.91 Å². The first-order valence-electron chi connectivity index (χ1n) is 7.23. The van der Waals surface area contributed by atoms with Crippen molar-refractivity contribution in [2.24, 2.45) is 5.92 Å². The molecule has 1 fully saturated rings. The molecule has 2 heterocycles. The maximum Gasteiger partial charge on any atom is 0.263 e. The first-order valence-corrected chi connectivity index (χ1v) is 8.42. The SMILES string of the molecule is Cc1nc(-c2ccc(Cl)cc2)sc1C(=O)NC[C@@H]1CCOC1. The molecule has 2 aromatic rings. The van der Waals surface area contributed by atoms with Crippen LogP contribution in [0.4, 0.5) is 0 Å². The van der Waals surface area contributed by atoms with Crippen molar-refractivity contribution < 1.29 is 9.53 Å². The summed E-state index contributed by atoms with van der Waals surface area (Å²) in [7, 11) is 0. The molecule has 1 saturated heterocycles. The molecular formula is C16H17ClN2O2S. The van der Waals surface area contributed by atoms with Crippen molar-refractivity contribution in [2.45, 2.75) is 13.3 Å². The van der Waals surface area contributed by atoms with Gasteiger partial charge in [0.1, 0.15) is 9.88 Å². The maximum absolute atomic E-state index is 12.3. The molecular weight excluding hydrogens is 320 g/mol. The van der Waals surface area contributed by atoms with Gasteiger partial charge in [-0.1, -0.05) is 23.7 Å². The first-order chi connectivity index (χ1) is 10.6. The van der Waals surface area contributed by atoms with Crippen molar-refractivity contribution in [2.75, 3.05) is 19.8 Å². The average molecular weight is 337 g/mol. The highest BCUT2D eigenvalue weighted by Crippen LogP contribution is 2.28. The Morgan fingerprint density at radius 1 is 1.45 bits per heavy atom. The summed E-state index contributed by atoms with van der Waals surface area (Å²) in [5, 5.41) is 4.51. The fraction of sp³-hybridized carbons (Fsp3) is 0.375. The number of hydrogen-bond acceptors (Lipinski definition) is 4. The summed E-state index contributed by atoms with van der Waals surface area (Å²) in [5.74, 6) is 0.370. The number of thiazole rings is 1. The molecule has 1 N–H and O–H groups in total. The van der Waals surface area contributed by atoms with Gasteiger partial charge in [-0.2, -0.15) is 0 Å². The van der Waals surface area contributed by atoms with Crippen LogP contribution in [-0.4, -0.2) is 30.6 Å². The van der Waals surface area contributed by atoms with Crippen LogP contribution in [-0.2, 0) is 4.74 Å². The van der Waals surface area contributed by atoms with Gasteiger partial charge < -0.3 is 10.1 Å². The molecule has 6 heteroatoms. The van der Waals surface area contributed by atoms with Gasteiger partial charge in [0.2, 0.25) is 0 Å². The summed E-state index contributed by atoms with van der Waals surface area (Å²) in [6, 6.07) is 7.48. The maximum atomic E-state index is 12.3. The summed E-state index contributed by atoms with van der Waals surface area (Å²) < 4.78 is 5.32. The van der Waals surface area contributed by atoms with E-state index in [2.05, 4.69) is 10.3 Å². The minimum Gasteiger partial charge on any atom is -0.381 e. The summed E-state index contributed by atoms with van der Waals surface area (Å²) in [6.45, 7) is 4.05. The number of carbonyl (C=O) groups is 1. The smallest absolute Gasteiger partial charge is 0.263 e. The first kappa shape index (κ1) is 15.5. The third-order valence-corrected chi connectivity index (χ3v) is 5.13. The second-order valence-electron chi connectivity index (χ2n) is 5.38. The van der Waals surface area contributed by atoms with Crippen molar-refractivity contribution in [3.8, 4) is 10.6 Å². The third-order valence-electron chi connectivity index (χ3n) is 3.67. The number of hydrogen-bond donors (Lipinski definition) is 1. The Kier molecular flexibility index (Phi) is 4.76. The van der Waals surface area contributed by atoms with Gasteiger partial charge in [0, 0.05) is 29.7 Å². The van der Waals surface area contributed by atoms with Crippen LogP contribution in [0.1, 0.15) is 21.8 Å². The molecule has 1 aliphatic rings. The molecule has 0 saturated carbocycles. The summed E-state index contributed by atoms with van der Waals surface area (Å²) >= 11 is 7.31. The molecule has 1 aliphatic heterocycles. The molecule has 116 valence electrons. The number of nitrogens with one attached hydrogen (secondary N) is 1. The number of benzene rings is 1. The molecule has 0 aliphatic carbocycles. The average Bonchev–Trinajstić information content (AvgIpc) is 3.15. The van der Waals surface area contributed by atoms with Gasteiger partial charge in [0.05, 0.1) is 12.3 Å². The Morgan fingerprint density at radius 3 is 2.91 bits per heavy atom. The summed E-state index contributed by atoms with van der Waals surface area (Å²) in [6.07, 6.45) is 1.01. The van der Waals surface area contributed by atoms with Crippen LogP contribution in [0.15, 0.2) is 24.3 Å². The number of aromatic nitrogens is 1. The summed E-state index contributed by atoms with van der Waals surface area (Å²) in [5.41, 5.74) is 1.73. The number of ether oxygens (including phenoxy) is 1. The molecule has 0 bridgehead atoms. The minimum atomic E-state index is -0.0536. The molecule has 22 heavy (non-hydrogen) atoms. The molecule has 0 radical (unpaired) electrons. The van der Waals surface area contributed by atoms with Crippen LogP contribution < -0.4 is 5.32 Å². The van der Waals surface area contributed by atoms with Crippen LogP contribution in [0.2, 0.25) is 5.02 Å². The lowest BCUT2D eigenvalue weighted by Gasteiger charge is -2.08. The zero-order valence-corrected chi connectivity index (χ0v) is 13.8. The van der Waals surface area contributed by atoms with Gasteiger partial charge in [-0.15, -0.1) is 11.3 Å². The Hall–Kier alpha value is -1.43. The van der Waals surface area contributed by atoms with Gasteiger partial charge in [0.15, 0.2) is 0 Å². The molecule has 4 nitrogen and oxygen atoms in total. The number of carbonyl (C=O) groups excluding carboxylic acids is 1. The van der Waals surface area contributed by atoms with E-state index in [9.17, 15) is 4.79 Å². The van der Waals surface area contributed by atoms with E-state index >= 15 is 0 Å². The zero-order valence-electron chi connectivity index (χ0n) is 12.3. The van der Waals surface area contributed by atoms with Crippen molar-refractivity contribution >= 4 is 28.8 Å². The van der Waals surface area contributed by atoms with Crippen LogP contribution in [0, 0.1) is 12.8 Å². The highest BCUT2D eigenvalue weighted by Gasteiger charge is 2.19. The standard InChI is InChI=1S/C16H17ClN2O2S/c1-10-14(15(20)18-8-11-6-7-21-9-11)22-16(19-10)12-2-4-13(17)5-3-12/h2-5,11H,6-9H2,1H3,(H,18,20)/t11-/m0/s1. The fourth-order valence-corrected chi connectivity index (χ4v) is 3.50. The predicted octanol–water partition coefficient (Wildman–Crippen LogP) is 3.54. The van der Waals surface area contributed by atoms with E-state index in [1.807, 2.05) is 31.2 Å². The monoisotopic (exact) mass is 336 g/mol. The highest BCUT2D eigenvalue weighted by atomic mass is 35.5. The van der Waals surface area contributed by atoms with Crippen molar-refractivity contribution in [3.63, 3.8) is 0 Å². The van der Waals surface area contributed by atoms with Crippen molar-refractivity contribution in [1.29, 1.82) is 0 Å². The predicted molar refractivity (Wildman–Crippen MR) is 88.6 cm³/mol. The third kappa shape index (κ3) is 3.48. The Bertz CT molecular complexity index is 663. The molecule has 3 rings (SSSR count). The largest absolute Gasteiger partial charge is 0.381 e. The molecule has 1 aromatic carbocycles. The zero-order chi connectivity index (χ0) is 15.5. The number of nitrogens with zero attached hydrogens (tertiary/aromatic N) is 1. The highest BCUT2D eigenvalue weighted by molar-refractivity contribution is 7.17. The van der Waals surface area contributed by atoms with E-state index in [1.165, 1.54) is 11.3 Å². The van der Waals surface area contributed by atoms with E-state index < -0.39 is 0 Å². The molecule has 1 aromatic heterocycles. The van der Waals surface area contributed by atoms with Crippen molar-refractivity contribution in [1.82, 2.24) is 10.3 Å². The minimum absolute atomic E-state index is 0.0536. The summed E-state index contributed by atoms with van der Waals surface area (Å²) in [4.78, 5) is 17.5. The number of halogens is 1. The Balaban J connectivity index is 1.71. The second kappa shape index (κ2) is 6.77. The van der Waals surface area contributed by atoms with E-state index in [0.29, 0.717) is 22.4 Å². The van der Waals surface area contributed by atoms with Crippen LogP contribution >= 0.6 is 22.9 Å². The molecule has 1 atom stereocenters. The Labute approximate surface area is 138 Å². The quantitative estimate of drug-likeness (QED) is 0.929. The topological polar surface area (TPSA) is 51.2 Å². The molecule has 1 amide bonds. The lowest BCUT2D eigenvalue weighted by Crippen LogP contribution is -2.29. The van der Waals surface area contributed by atoms with Crippen LogP contribution in [0.3, 0.4) is 0 Å². The van der Waals surface area contributed by atoms with E-state index in [0.717, 1.165) is 35.9 Å². The molecule has 0 unspecified atom stereocenters. The van der Waals surface area contributed by atoms with Gasteiger partial charge in [0.25, 0.3) is 5.91 Å². The van der Waals surface area contributed by atoms with Gasteiger partial charge in [-0.3, -0.25) is 4.79 Å². The van der Waals surface area contributed by atoms with E-state index in [4.69, 9.17) is 16.3 Å². The normalized spacial score (nSPS) is 17.6. The number of amides is 1. The lowest BCUT2D eigenvalue weighted by molar-refractivity contribution is 0.0948. The van der Waals surface area contributed by atoms with Gasteiger partial charge >= 0.3 is 0 Å². The molecule has 0 spiro atoms. The van der Waals surface area contributed by atoms with E-state index in [1.54, 1.807) is 0 Å². The van der Waals surface area contributed by atoms with Crippen LogP contribution in [0.25, 0.3) is 10.6 Å². The van der Waals surface area contributed by atoms with Gasteiger partial charge in [-0.05, 0) is 25.5 Å². The fourth-order valence-electron chi connectivity index (χ4n) is 2.38. The lowest BCUT2D eigenvalue weighted by atomic mass is 10.1. The second-order valence-corrected chi connectivity index (χ2v) is 6.82. The van der Waals surface area contributed by atoms with Gasteiger partial charge in [-0.25, -0.2) is 4.98 Å². The number of rotatable bonds is 4. The van der Waals surface area contributed by atoms with Crippen molar-refractivity contribution in [3.05, 3.63) is 39.9 Å². The van der Waals surface area contributed by atoms with Crippen LogP contribution in [0.5, 0.6) is 0 Å². The Morgan fingerprint density at radius 2 is 2.23 bits per heavy atom.